The maximum atomic E-state index is 13.8. The van der Waals surface area contributed by atoms with Gasteiger partial charge in [0.15, 0.2) is 0 Å². The summed E-state index contributed by atoms with van der Waals surface area (Å²) in [5.41, 5.74) is 1.79. The lowest BCUT2D eigenvalue weighted by Gasteiger charge is -2.22. The van der Waals surface area contributed by atoms with E-state index in [1.165, 1.54) is 22.5 Å². The van der Waals surface area contributed by atoms with Crippen LogP contribution in [0.1, 0.15) is 44.8 Å². The van der Waals surface area contributed by atoms with Crippen molar-refractivity contribution in [2.75, 3.05) is 11.9 Å². The molecule has 1 fully saturated rings. The van der Waals surface area contributed by atoms with Crippen LogP contribution in [0.3, 0.4) is 0 Å². The normalized spacial score (nSPS) is 17.1. The van der Waals surface area contributed by atoms with E-state index in [-0.39, 0.29) is 15.6 Å². The lowest BCUT2D eigenvalue weighted by atomic mass is 10.2. The number of carbonyl (C=O) groups is 1. The van der Waals surface area contributed by atoms with E-state index in [1.807, 2.05) is 19.9 Å². The molecule has 7 nitrogen and oxygen atoms in total. The van der Waals surface area contributed by atoms with Crippen molar-refractivity contribution < 1.29 is 17.6 Å². The maximum Gasteiger partial charge on any atom is 0.286 e. The van der Waals surface area contributed by atoms with Crippen LogP contribution in [0.5, 0.6) is 0 Å². The molecule has 1 aliphatic rings. The Bertz CT molecular complexity index is 1220. The number of amides is 1. The van der Waals surface area contributed by atoms with Crippen molar-refractivity contribution in [3.05, 3.63) is 69.4 Å². The molecule has 10 heteroatoms. The molecule has 0 unspecified atom stereocenters. The van der Waals surface area contributed by atoms with Gasteiger partial charge in [-0.2, -0.15) is 4.31 Å². The van der Waals surface area contributed by atoms with Crippen molar-refractivity contribution in [1.29, 1.82) is 0 Å². The number of hydrogen-bond acceptors (Lipinski definition) is 6. The molecule has 31 heavy (non-hydrogen) atoms. The standard InChI is InChI=1S/C21H21FN4O3S2/c1-13-10-14(2)12-15(11-13)31(28,29)26-9-5-8-18(26)20-24-25-21(30-20)19(27)23-17-7-4-3-6-16(17)22/h3-4,6-7,10-12,18H,5,8-9H2,1-2H3,(H,23,27)/t18-/m1/s1. The smallest absolute Gasteiger partial charge is 0.286 e. The van der Waals surface area contributed by atoms with E-state index in [9.17, 15) is 17.6 Å². The van der Waals surface area contributed by atoms with Gasteiger partial charge in [-0.05, 0) is 62.1 Å². The minimum Gasteiger partial charge on any atom is -0.317 e. The van der Waals surface area contributed by atoms with E-state index < -0.39 is 27.8 Å². The van der Waals surface area contributed by atoms with Gasteiger partial charge in [0, 0.05) is 6.54 Å². The predicted octanol–water partition coefficient (Wildman–Crippen LogP) is 4.07. The third-order valence-electron chi connectivity index (χ3n) is 5.05. The second kappa shape index (κ2) is 8.45. The first-order chi connectivity index (χ1) is 14.8. The molecule has 1 saturated heterocycles. The molecule has 1 aromatic heterocycles. The average Bonchev–Trinajstić information content (AvgIpc) is 3.38. The molecule has 1 amide bonds. The SMILES string of the molecule is Cc1cc(C)cc(S(=O)(=O)N2CCC[C@@H]2c2nnc(C(=O)Nc3ccccc3F)s2)c1. The fourth-order valence-electron chi connectivity index (χ4n) is 3.69. The van der Waals surface area contributed by atoms with Crippen LogP contribution in [-0.2, 0) is 10.0 Å². The highest BCUT2D eigenvalue weighted by Gasteiger charge is 2.38. The first-order valence-electron chi connectivity index (χ1n) is 9.75. The monoisotopic (exact) mass is 460 g/mol. The number of para-hydroxylation sites is 1. The number of nitrogens with zero attached hydrogens (tertiary/aromatic N) is 3. The maximum absolute atomic E-state index is 13.8. The largest absolute Gasteiger partial charge is 0.317 e. The number of hydrogen-bond donors (Lipinski definition) is 1. The minimum atomic E-state index is -3.72. The lowest BCUT2D eigenvalue weighted by molar-refractivity contribution is 0.102. The molecule has 1 atom stereocenters. The van der Waals surface area contributed by atoms with Gasteiger partial charge < -0.3 is 5.32 Å². The second-order valence-corrected chi connectivity index (χ2v) is 10.4. The fraction of sp³-hybridized carbons (Fsp3) is 0.286. The number of anilines is 1. The molecule has 4 rings (SSSR count). The second-order valence-electron chi connectivity index (χ2n) is 7.48. The van der Waals surface area contributed by atoms with Crippen molar-refractivity contribution >= 4 is 33.0 Å². The average molecular weight is 461 g/mol. The van der Waals surface area contributed by atoms with Gasteiger partial charge in [0.2, 0.25) is 15.0 Å². The zero-order valence-electron chi connectivity index (χ0n) is 17.0. The summed E-state index contributed by atoms with van der Waals surface area (Å²) >= 11 is 1.02. The molecule has 1 N–H and O–H groups in total. The van der Waals surface area contributed by atoms with Crippen LogP contribution in [0.25, 0.3) is 0 Å². The fourth-order valence-corrected chi connectivity index (χ4v) is 6.49. The minimum absolute atomic E-state index is 0.0455. The predicted molar refractivity (Wildman–Crippen MR) is 116 cm³/mol. The number of rotatable bonds is 5. The Hall–Kier alpha value is -2.69. The van der Waals surface area contributed by atoms with Crippen LogP contribution in [-0.4, -0.2) is 35.4 Å². The Kier molecular flexibility index (Phi) is 5.87. The zero-order chi connectivity index (χ0) is 22.2. The van der Waals surface area contributed by atoms with Gasteiger partial charge in [0.1, 0.15) is 10.8 Å². The Balaban J connectivity index is 1.58. The third-order valence-corrected chi connectivity index (χ3v) is 7.96. The highest BCUT2D eigenvalue weighted by molar-refractivity contribution is 7.89. The Morgan fingerprint density at radius 1 is 1.16 bits per heavy atom. The molecule has 0 saturated carbocycles. The molecule has 0 radical (unpaired) electrons. The van der Waals surface area contributed by atoms with Crippen LogP contribution < -0.4 is 5.32 Å². The summed E-state index contributed by atoms with van der Waals surface area (Å²) in [5.74, 6) is -1.14. The number of sulfonamides is 1. The Morgan fingerprint density at radius 2 is 1.87 bits per heavy atom. The van der Waals surface area contributed by atoms with E-state index in [0.29, 0.717) is 24.4 Å². The van der Waals surface area contributed by atoms with Crippen molar-refractivity contribution in [1.82, 2.24) is 14.5 Å². The summed E-state index contributed by atoms with van der Waals surface area (Å²) in [6.07, 6.45) is 1.28. The molecule has 0 aliphatic carbocycles. The molecule has 1 aliphatic heterocycles. The summed E-state index contributed by atoms with van der Waals surface area (Å²) in [6, 6.07) is 10.6. The number of aryl methyl sites for hydroxylation is 2. The summed E-state index contributed by atoms with van der Waals surface area (Å²) in [5, 5.41) is 11.0. The molecule has 0 bridgehead atoms. The Labute approximate surface area is 184 Å². The number of benzene rings is 2. The number of halogens is 1. The first kappa shape index (κ1) is 21.5. The molecule has 162 valence electrons. The molecule has 0 spiro atoms. The van der Waals surface area contributed by atoms with Crippen molar-refractivity contribution in [3.8, 4) is 0 Å². The van der Waals surface area contributed by atoms with Crippen LogP contribution in [0.15, 0.2) is 47.4 Å². The van der Waals surface area contributed by atoms with Crippen molar-refractivity contribution in [2.24, 2.45) is 0 Å². The number of aromatic nitrogens is 2. The van der Waals surface area contributed by atoms with Gasteiger partial charge in [-0.15, -0.1) is 10.2 Å². The molecule has 2 heterocycles. The van der Waals surface area contributed by atoms with E-state index >= 15 is 0 Å². The van der Waals surface area contributed by atoms with Crippen LogP contribution in [0, 0.1) is 19.7 Å². The van der Waals surface area contributed by atoms with E-state index in [1.54, 1.807) is 18.2 Å². The number of nitrogens with one attached hydrogen (secondary N) is 1. The zero-order valence-corrected chi connectivity index (χ0v) is 18.6. The van der Waals surface area contributed by atoms with Gasteiger partial charge in [-0.3, -0.25) is 4.79 Å². The summed E-state index contributed by atoms with van der Waals surface area (Å²) in [7, 11) is -3.72. The topological polar surface area (TPSA) is 92.3 Å². The Morgan fingerprint density at radius 3 is 2.58 bits per heavy atom. The van der Waals surface area contributed by atoms with Gasteiger partial charge in [0.25, 0.3) is 5.91 Å². The highest BCUT2D eigenvalue weighted by atomic mass is 32.2. The molecular formula is C21H21FN4O3S2. The van der Waals surface area contributed by atoms with E-state index in [0.717, 1.165) is 22.5 Å². The molecule has 2 aromatic carbocycles. The van der Waals surface area contributed by atoms with Gasteiger partial charge in [-0.1, -0.05) is 29.5 Å². The van der Waals surface area contributed by atoms with E-state index in [2.05, 4.69) is 15.5 Å². The van der Waals surface area contributed by atoms with Crippen LogP contribution >= 0.6 is 11.3 Å². The third kappa shape index (κ3) is 4.36. The lowest BCUT2D eigenvalue weighted by Crippen LogP contribution is -2.30. The summed E-state index contributed by atoms with van der Waals surface area (Å²) < 4.78 is 41.8. The molecular weight excluding hydrogens is 439 g/mol. The number of carbonyl (C=O) groups excluding carboxylic acids is 1. The van der Waals surface area contributed by atoms with Crippen molar-refractivity contribution in [3.63, 3.8) is 0 Å². The van der Waals surface area contributed by atoms with Gasteiger partial charge in [0.05, 0.1) is 16.6 Å². The van der Waals surface area contributed by atoms with Crippen LogP contribution in [0.4, 0.5) is 10.1 Å². The summed E-state index contributed by atoms with van der Waals surface area (Å²) in [6.45, 7) is 4.09. The van der Waals surface area contributed by atoms with Gasteiger partial charge in [-0.25, -0.2) is 12.8 Å². The quantitative estimate of drug-likeness (QED) is 0.620. The molecule has 3 aromatic rings. The van der Waals surface area contributed by atoms with Crippen LogP contribution in [0.2, 0.25) is 0 Å². The highest BCUT2D eigenvalue weighted by Crippen LogP contribution is 2.38. The summed E-state index contributed by atoms with van der Waals surface area (Å²) in [4.78, 5) is 12.7. The first-order valence-corrected chi connectivity index (χ1v) is 12.0. The van der Waals surface area contributed by atoms with E-state index in [4.69, 9.17) is 0 Å². The van der Waals surface area contributed by atoms with Gasteiger partial charge >= 0.3 is 0 Å². The van der Waals surface area contributed by atoms with Crippen molar-refractivity contribution in [2.45, 2.75) is 37.6 Å².